The number of hydrogen-bond acceptors (Lipinski definition) is 20. The summed E-state index contributed by atoms with van der Waals surface area (Å²) in [5.41, 5.74) is 10.9. The summed E-state index contributed by atoms with van der Waals surface area (Å²) in [5.74, 6) is -2.97. The molecule has 0 atom stereocenters. The number of fused-ring (bicyclic) bond motifs is 9. The van der Waals surface area contributed by atoms with Gasteiger partial charge in [-0.05, 0) is 124 Å². The summed E-state index contributed by atoms with van der Waals surface area (Å²) in [6.07, 6.45) is 0. The summed E-state index contributed by atoms with van der Waals surface area (Å²) in [5, 5.41) is 45.0. The first kappa shape index (κ1) is 98.4. The van der Waals surface area contributed by atoms with E-state index in [0.717, 1.165) is 54.9 Å². The number of methoxy groups -OCH3 is 4. The van der Waals surface area contributed by atoms with E-state index in [4.69, 9.17) is 69.1 Å². The molecule has 3 aliphatic carbocycles. The number of carboxylic acids is 1. The number of rotatable bonds is 15. The Morgan fingerprint density at radius 1 is 0.367 bits per heavy atom. The third-order valence-electron chi connectivity index (χ3n) is 16.7. The van der Waals surface area contributed by atoms with Gasteiger partial charge in [-0.15, -0.1) is 35.3 Å². The van der Waals surface area contributed by atoms with Crippen molar-refractivity contribution in [1.82, 2.24) is 0 Å². The molecule has 120 heavy (non-hydrogen) atoms. The number of Topliss-reactive ketones (excluding diaryl/α,β-unsaturated/α-hetero) is 8. The number of halogens is 5. The zero-order chi connectivity index (χ0) is 85.6. The Balaban J connectivity index is 0.000000247. The first-order chi connectivity index (χ1) is 57.0. The molecule has 5 N–H and O–H groups in total. The van der Waals surface area contributed by atoms with Crippen LogP contribution in [-0.4, -0.2) is 178 Å². The van der Waals surface area contributed by atoms with Gasteiger partial charge < -0.3 is 61.5 Å². The number of aromatic hydroxyl groups is 2. The molecule has 27 heteroatoms. The van der Waals surface area contributed by atoms with Gasteiger partial charge >= 0.3 is 29.0 Å². The minimum Gasteiger partial charge on any atom is -1.00 e. The van der Waals surface area contributed by atoms with Gasteiger partial charge in [0.15, 0.2) is 0 Å². The van der Waals surface area contributed by atoms with E-state index in [2.05, 4.69) is 32.0 Å². The first-order valence-corrected chi connectivity index (χ1v) is 37.7. The van der Waals surface area contributed by atoms with Crippen molar-refractivity contribution in [1.29, 1.82) is 0 Å². The summed E-state index contributed by atoms with van der Waals surface area (Å²) >= 11 is 17.8. The number of nitrogens with zero attached hydrogens (tertiary/aromatic N) is 2. The second-order valence-corrected chi connectivity index (χ2v) is 26.2. The van der Waals surface area contributed by atoms with Gasteiger partial charge in [0.1, 0.15) is 28.7 Å². The normalized spacial score (nSPS) is 11.5. The van der Waals surface area contributed by atoms with Crippen molar-refractivity contribution >= 4 is 143 Å². The maximum atomic E-state index is 12.0. The van der Waals surface area contributed by atoms with Crippen LogP contribution in [0.4, 0.5) is 0 Å². The number of aliphatic hydroxyl groups is 2. The van der Waals surface area contributed by atoms with E-state index in [1.807, 2.05) is 97.1 Å². The molecule has 0 bridgehead atoms. The minimum atomic E-state index is -1.42. The van der Waals surface area contributed by atoms with Gasteiger partial charge in [-0.3, -0.25) is 53.1 Å². The summed E-state index contributed by atoms with van der Waals surface area (Å²) in [7, 11) is 6.35. The number of ketones is 8. The third-order valence-corrected chi connectivity index (χ3v) is 17.4. The average Bonchev–Trinajstić information content (AvgIpc) is 0.788. The van der Waals surface area contributed by atoms with Gasteiger partial charge in [0.25, 0.3) is 11.0 Å². The Bertz CT molecular complexity index is 5530. The molecular weight excluding hydrogens is 1740 g/mol. The molecule has 0 amide bonds. The Hall–Kier alpha value is -12.2. The van der Waals surface area contributed by atoms with Crippen LogP contribution in [0.5, 0.6) is 34.5 Å². The third kappa shape index (κ3) is 28.0. The molecule has 3 aliphatic rings. The Morgan fingerprint density at radius 2 is 0.700 bits per heavy atom. The molecule has 0 heterocycles. The number of carbonyl (C=O) groups is 10. The summed E-state index contributed by atoms with van der Waals surface area (Å²) in [4.78, 5) is 123. The van der Waals surface area contributed by atoms with E-state index in [9.17, 15) is 58.2 Å². The fraction of sp³-hybridized carbons (Fsp3) is 0.0968. The zero-order valence-corrected chi connectivity index (χ0v) is 71.5. The van der Waals surface area contributed by atoms with E-state index in [0.29, 0.717) is 61.9 Å². The average molecular weight is 1820 g/mol. The molecule has 0 spiro atoms. The van der Waals surface area contributed by atoms with Crippen LogP contribution in [0.2, 0.25) is 0 Å². The number of ether oxygens (including phenoxy) is 4. The smallest absolute Gasteiger partial charge is 1.00 e. The maximum absolute atomic E-state index is 12.0. The summed E-state index contributed by atoms with van der Waals surface area (Å²) in [6, 6.07) is 86.1. The van der Waals surface area contributed by atoms with Crippen molar-refractivity contribution < 1.29 is 109 Å². The molecule has 15 rings (SSSR count). The second kappa shape index (κ2) is 51.2. The van der Waals surface area contributed by atoms with Crippen LogP contribution in [0.3, 0.4) is 0 Å². The number of phenols is 2. The van der Waals surface area contributed by atoms with Crippen molar-refractivity contribution in [3.8, 4) is 67.9 Å². The van der Waals surface area contributed by atoms with Gasteiger partial charge in [-0.1, -0.05) is 204 Å². The fourth-order valence-electron chi connectivity index (χ4n) is 11.3. The molecule has 12 aromatic rings. The molecule has 608 valence electrons. The number of aliphatic carboxylic acids is 1. The van der Waals surface area contributed by atoms with Crippen molar-refractivity contribution in [2.45, 2.75) is 0 Å². The SMILES string of the molecule is COc1c[c-]ccc1.COc1ccc2c(c1)C(=O)C(=O)c1ccccc1-2.COc1cccc(Br)c1.COc1cccc(C(=O)C(=O)c2ccccc2)c1.ClCCl.O=C(Cl)C(=O)c1ccccc1.O=C(O)C(=O)c1ccccc1.O=C1C(=O)c2cc(O)ccc2-c2ccccc21.OCCN=C1C(=NCCO)c2cc(O)ccc2-c2ccccc21.[Br-].[Mg+2]. The van der Waals surface area contributed by atoms with Gasteiger partial charge in [-0.2, -0.15) is 18.2 Å². The minimum absolute atomic E-state index is 0. The number of aliphatic hydroxyl groups excluding tert-OH is 2. The van der Waals surface area contributed by atoms with Crippen molar-refractivity contribution in [3.63, 3.8) is 0 Å². The molecule has 12 aromatic carbocycles. The van der Waals surface area contributed by atoms with E-state index < -0.39 is 57.5 Å². The summed E-state index contributed by atoms with van der Waals surface area (Å²) in [6.45, 7) is 0.416. The number of phenolic OH excluding ortho intramolecular Hbond substituents is 2. The van der Waals surface area contributed by atoms with Gasteiger partial charge in [0.05, 0.1) is 71.5 Å². The second-order valence-electron chi connectivity index (χ2n) is 24.2. The number of hydrogen-bond donors (Lipinski definition) is 5. The molecule has 0 aromatic heterocycles. The Morgan fingerprint density at radius 3 is 1.12 bits per heavy atom. The quantitative estimate of drug-likeness (QED) is 0.0159. The van der Waals surface area contributed by atoms with E-state index >= 15 is 0 Å². The van der Waals surface area contributed by atoms with Crippen molar-refractivity contribution in [2.24, 2.45) is 9.98 Å². The van der Waals surface area contributed by atoms with E-state index in [1.54, 1.807) is 184 Å². The largest absolute Gasteiger partial charge is 2.00 e. The van der Waals surface area contributed by atoms with Crippen LogP contribution in [0.1, 0.15) is 94.0 Å². The van der Waals surface area contributed by atoms with E-state index in [-0.39, 0.29) is 94.3 Å². The van der Waals surface area contributed by atoms with Crippen LogP contribution in [0, 0.1) is 6.07 Å². The Kier molecular flexibility index (Phi) is 42.0. The molecule has 0 unspecified atom stereocenters. The predicted molar refractivity (Wildman–Crippen MR) is 463 cm³/mol. The topological polar surface area (TPSA) is 333 Å². The van der Waals surface area contributed by atoms with Crippen LogP contribution in [0.25, 0.3) is 33.4 Å². The van der Waals surface area contributed by atoms with Gasteiger partial charge in [0.2, 0.25) is 40.5 Å². The molecule has 0 saturated heterocycles. The fourth-order valence-corrected chi connectivity index (χ4v) is 11.8. The maximum Gasteiger partial charge on any atom is 2.00 e. The number of benzene rings is 12. The molecule has 0 radical (unpaired) electrons. The number of aliphatic imine (C=N–C) groups is 2. The van der Waals surface area contributed by atoms with Gasteiger partial charge in [-0.25, -0.2) is 4.79 Å². The molecule has 21 nitrogen and oxygen atoms in total. The molecule has 0 fully saturated rings. The van der Waals surface area contributed by atoms with Crippen LogP contribution in [-0.2, 0) is 9.59 Å². The van der Waals surface area contributed by atoms with Gasteiger partial charge in [0, 0.05) is 65.9 Å². The number of carboxylic acid groups (broad SMARTS) is 1. The van der Waals surface area contributed by atoms with E-state index in [1.165, 1.54) is 38.5 Å². The van der Waals surface area contributed by atoms with Crippen LogP contribution in [0.15, 0.2) is 306 Å². The predicted octanol–water partition coefficient (Wildman–Crippen LogP) is 14.2. The standard InChI is InChI=1S/C18H18N2O3.C15H10O3.C15H12O3.C14H8O3.C8H5ClO2.C8H6O3.C7H7BrO.C7H7O.CH2Cl2.BrH.Mg/c21-9-7-19-17-15-4-2-1-3-13(15)14-6-5-12(23)11-16(14)18(17)20-8-10-22;1-18-9-6-7-11-10-4-2-3-5-12(10)14(16)15(17)13(11)8-9;1-18-13-9-5-8-12(10-13)15(17)14(16)11-6-3-2-4-7-11;15-8-5-6-10-9-3-1-2-4-11(9)13(16)14(17)12(10)7-8;9-8(11)7(10)6-4-2-1-3-5-6;9-7(8(10)11)6-4-2-1-3-5-6;1-9-7-4-2-3-6(8)5-7;1-8-7-5-3-2-4-6-7;2-1-3;;/h1-6,11,21-23H,7-10H2;2-8H,1H3;2-10H,1H3;1-7,15H;1-5H;1-5H,(H,10,11);2-5H,1H3;2-3,5-6H,1H3;1H2;1H;/q;;;;;;;-1;;;+2/p-1. The number of alkyl halides is 2. The van der Waals surface area contributed by atoms with Crippen molar-refractivity contribution in [3.05, 3.63) is 357 Å². The zero-order valence-electron chi connectivity index (χ0n) is 64.7. The van der Waals surface area contributed by atoms with Crippen LogP contribution >= 0.6 is 50.7 Å². The first-order valence-electron chi connectivity index (χ1n) is 35.4. The monoisotopic (exact) mass is 1810 g/mol. The number of carbonyl (C=O) groups excluding carboxylic acids is 9. The van der Waals surface area contributed by atoms with Crippen LogP contribution < -0.4 is 35.9 Å². The molecule has 0 saturated carbocycles. The molecular formula is C93H75Br2Cl3MgN2O19. The Labute approximate surface area is 741 Å². The van der Waals surface area contributed by atoms with Crippen molar-refractivity contribution in [2.75, 3.05) is 60.1 Å². The molecule has 0 aliphatic heterocycles. The summed E-state index contributed by atoms with van der Waals surface area (Å²) < 4.78 is 21.0.